The van der Waals surface area contributed by atoms with Crippen molar-refractivity contribution in [3.05, 3.63) is 40.9 Å². The number of thioether (sulfide) groups is 1. The predicted octanol–water partition coefficient (Wildman–Crippen LogP) is 2.59. The van der Waals surface area contributed by atoms with E-state index in [1.807, 2.05) is 29.6 Å². The van der Waals surface area contributed by atoms with Crippen LogP contribution in [0.25, 0.3) is 10.9 Å². The molecule has 130 valence electrons. The lowest BCUT2D eigenvalue weighted by Gasteiger charge is -1.96. The van der Waals surface area contributed by atoms with Gasteiger partial charge in [-0.1, -0.05) is 18.2 Å². The number of para-hydroxylation sites is 1. The molecule has 0 saturated carbocycles. The Hall–Kier alpha value is -2.52. The molecule has 3 aromatic rings. The fourth-order valence-electron chi connectivity index (χ4n) is 2.25. The van der Waals surface area contributed by atoms with Crippen LogP contribution in [-0.2, 0) is 5.75 Å². The molecule has 0 aliphatic heterocycles. The number of rotatable bonds is 7. The van der Waals surface area contributed by atoms with E-state index in [9.17, 15) is 5.11 Å². The second kappa shape index (κ2) is 8.04. The van der Waals surface area contributed by atoms with Gasteiger partial charge >= 0.3 is 0 Å². The van der Waals surface area contributed by atoms with Crippen LogP contribution in [0.1, 0.15) is 11.3 Å². The van der Waals surface area contributed by atoms with Crippen LogP contribution in [0.5, 0.6) is 5.88 Å². The molecule has 0 bridgehead atoms. The molecule has 2 aromatic heterocycles. The first-order chi connectivity index (χ1) is 12.1. The quantitative estimate of drug-likeness (QED) is 0.287. The van der Waals surface area contributed by atoms with Crippen LogP contribution in [0.4, 0.5) is 5.13 Å². The van der Waals surface area contributed by atoms with Gasteiger partial charge in [-0.05, 0) is 6.07 Å². The number of hydrogen-bond donors (Lipinski definition) is 4. The van der Waals surface area contributed by atoms with Crippen molar-refractivity contribution in [3.63, 3.8) is 0 Å². The van der Waals surface area contributed by atoms with Crippen LogP contribution in [0, 0.1) is 0 Å². The molecule has 6 N–H and O–H groups in total. The molecular formula is C16H18N6OS2. The van der Waals surface area contributed by atoms with E-state index in [4.69, 9.17) is 11.5 Å². The van der Waals surface area contributed by atoms with Crippen LogP contribution in [0.2, 0.25) is 0 Å². The Labute approximate surface area is 152 Å². The highest BCUT2D eigenvalue weighted by molar-refractivity contribution is 7.98. The number of aromatic hydroxyl groups is 1. The predicted molar refractivity (Wildman–Crippen MR) is 106 cm³/mol. The van der Waals surface area contributed by atoms with Gasteiger partial charge in [-0.3, -0.25) is 4.99 Å². The molecule has 7 nitrogen and oxygen atoms in total. The van der Waals surface area contributed by atoms with Gasteiger partial charge in [-0.2, -0.15) is 16.8 Å². The zero-order valence-electron chi connectivity index (χ0n) is 13.3. The minimum atomic E-state index is 0.0171. The number of benzene rings is 1. The minimum absolute atomic E-state index is 0.0171. The molecule has 3 rings (SSSR count). The molecule has 9 heteroatoms. The van der Waals surface area contributed by atoms with Crippen molar-refractivity contribution in [2.45, 2.75) is 5.75 Å². The lowest BCUT2D eigenvalue weighted by Crippen LogP contribution is -2.21. The van der Waals surface area contributed by atoms with Gasteiger partial charge in [0.05, 0.1) is 11.3 Å². The smallest absolute Gasteiger partial charge is 0.212 e. The summed E-state index contributed by atoms with van der Waals surface area (Å²) in [5.74, 6) is 1.80. The van der Waals surface area contributed by atoms with Crippen molar-refractivity contribution in [2.75, 3.05) is 12.3 Å². The molecule has 0 radical (unpaired) electrons. The summed E-state index contributed by atoms with van der Waals surface area (Å²) in [6, 6.07) is 7.74. The highest BCUT2D eigenvalue weighted by atomic mass is 32.2. The fraction of sp³-hybridized carbons (Fsp3) is 0.188. The Morgan fingerprint density at radius 1 is 1.36 bits per heavy atom. The maximum atomic E-state index is 9.96. The van der Waals surface area contributed by atoms with E-state index in [0.29, 0.717) is 11.7 Å². The summed E-state index contributed by atoms with van der Waals surface area (Å²) < 4.78 is 0. The summed E-state index contributed by atoms with van der Waals surface area (Å²) in [5, 5.41) is 13.4. The molecule has 0 atom stereocenters. The second-order valence-corrected chi connectivity index (χ2v) is 7.12. The Morgan fingerprint density at radius 3 is 3.04 bits per heavy atom. The number of aromatic amines is 1. The largest absolute Gasteiger partial charge is 0.494 e. The Kier molecular flexibility index (Phi) is 5.56. The van der Waals surface area contributed by atoms with Crippen LogP contribution < -0.4 is 11.5 Å². The van der Waals surface area contributed by atoms with Crippen molar-refractivity contribution >= 4 is 51.3 Å². The molecule has 0 aliphatic rings. The normalized spacial score (nSPS) is 11.4. The van der Waals surface area contributed by atoms with E-state index in [2.05, 4.69) is 20.0 Å². The van der Waals surface area contributed by atoms with Gasteiger partial charge in [-0.15, -0.1) is 11.3 Å². The molecule has 25 heavy (non-hydrogen) atoms. The molecule has 2 heterocycles. The van der Waals surface area contributed by atoms with E-state index in [0.717, 1.165) is 33.7 Å². The van der Waals surface area contributed by atoms with E-state index < -0.39 is 0 Å². The van der Waals surface area contributed by atoms with Crippen LogP contribution in [0.3, 0.4) is 0 Å². The summed E-state index contributed by atoms with van der Waals surface area (Å²) in [5.41, 5.74) is 13.2. The van der Waals surface area contributed by atoms with Crippen LogP contribution >= 0.6 is 23.1 Å². The average molecular weight is 374 g/mol. The number of nitrogens with one attached hydrogen (secondary N) is 1. The summed E-state index contributed by atoms with van der Waals surface area (Å²) in [6.07, 6.45) is 1.72. The van der Waals surface area contributed by atoms with E-state index in [-0.39, 0.29) is 11.8 Å². The summed E-state index contributed by atoms with van der Waals surface area (Å²) in [4.78, 5) is 15.6. The third-order valence-electron chi connectivity index (χ3n) is 3.32. The molecule has 0 spiro atoms. The van der Waals surface area contributed by atoms with Gasteiger partial charge in [0.15, 0.2) is 11.8 Å². The maximum Gasteiger partial charge on any atom is 0.212 e. The second-order valence-electron chi connectivity index (χ2n) is 5.18. The van der Waals surface area contributed by atoms with E-state index in [1.54, 1.807) is 18.0 Å². The lowest BCUT2D eigenvalue weighted by molar-refractivity contribution is 0.457. The zero-order valence-corrected chi connectivity index (χ0v) is 15.0. The molecule has 0 amide bonds. The number of aromatic nitrogens is 2. The Bertz CT molecular complexity index is 910. The number of H-pyrrole nitrogens is 1. The van der Waals surface area contributed by atoms with Gasteiger partial charge in [0.2, 0.25) is 5.13 Å². The van der Waals surface area contributed by atoms with Crippen LogP contribution in [0.15, 0.2) is 39.6 Å². The molecule has 0 saturated heterocycles. The summed E-state index contributed by atoms with van der Waals surface area (Å²) in [6.45, 7) is 0.661. The Morgan fingerprint density at radius 2 is 2.20 bits per heavy atom. The van der Waals surface area contributed by atoms with Crippen molar-refractivity contribution in [1.29, 1.82) is 0 Å². The van der Waals surface area contributed by atoms with E-state index in [1.165, 1.54) is 11.3 Å². The van der Waals surface area contributed by atoms with Crippen molar-refractivity contribution in [2.24, 2.45) is 21.5 Å². The topological polar surface area (TPSA) is 126 Å². The number of thiazole rings is 1. The van der Waals surface area contributed by atoms with Gasteiger partial charge in [-0.25, -0.2) is 4.98 Å². The van der Waals surface area contributed by atoms with Crippen molar-refractivity contribution in [3.8, 4) is 5.88 Å². The third kappa shape index (κ3) is 4.52. The average Bonchev–Trinajstić information content (AvgIpc) is 3.14. The number of nitrogens with zero attached hydrogens (tertiary/aromatic N) is 3. The first kappa shape index (κ1) is 17.3. The fourth-order valence-corrected chi connectivity index (χ4v) is 3.80. The van der Waals surface area contributed by atoms with Crippen molar-refractivity contribution < 1.29 is 5.11 Å². The number of nitrogens with two attached hydrogens (primary N) is 2. The molecular weight excluding hydrogens is 356 g/mol. The lowest BCUT2D eigenvalue weighted by atomic mass is 10.2. The number of hydrogen-bond acceptors (Lipinski definition) is 6. The summed E-state index contributed by atoms with van der Waals surface area (Å²) >= 11 is 3.15. The summed E-state index contributed by atoms with van der Waals surface area (Å²) in [7, 11) is 0. The molecule has 0 fully saturated rings. The SMILES string of the molecule is NC(N)=Nc1nc(CSCCN=Cc2c(O)[nH]c3ccccc23)cs1. The number of aliphatic imine (C=N–C) groups is 2. The molecule has 1 aromatic carbocycles. The van der Waals surface area contributed by atoms with Gasteiger partial charge in [0, 0.05) is 40.5 Å². The van der Waals surface area contributed by atoms with Gasteiger partial charge in [0.1, 0.15) is 0 Å². The standard InChI is InChI=1S/C16H18N6OS2/c17-15(18)22-16-20-10(9-25-16)8-24-6-5-19-7-12-11-3-1-2-4-13(11)21-14(12)23/h1-4,7,9,21,23H,5-6,8H2,(H4,17,18,20,22). The Balaban J connectivity index is 1.48. The maximum absolute atomic E-state index is 9.96. The van der Waals surface area contributed by atoms with Gasteiger partial charge in [0.25, 0.3) is 0 Å². The van der Waals surface area contributed by atoms with E-state index >= 15 is 0 Å². The van der Waals surface area contributed by atoms with Crippen LogP contribution in [-0.4, -0.2) is 39.5 Å². The van der Waals surface area contributed by atoms with Gasteiger partial charge < -0.3 is 21.6 Å². The minimum Gasteiger partial charge on any atom is -0.494 e. The molecule has 0 aliphatic carbocycles. The third-order valence-corrected chi connectivity index (χ3v) is 5.08. The highest BCUT2D eigenvalue weighted by Gasteiger charge is 2.07. The van der Waals surface area contributed by atoms with Crippen molar-refractivity contribution in [1.82, 2.24) is 9.97 Å². The number of fused-ring (bicyclic) bond motifs is 1. The molecule has 0 unspecified atom stereocenters. The number of guanidine groups is 1. The monoisotopic (exact) mass is 374 g/mol. The highest BCUT2D eigenvalue weighted by Crippen LogP contribution is 2.25. The first-order valence-electron chi connectivity index (χ1n) is 7.55. The first-order valence-corrected chi connectivity index (χ1v) is 9.58. The zero-order chi connectivity index (χ0) is 17.6.